The molecule has 0 fully saturated rings. The van der Waals surface area contributed by atoms with Crippen LogP contribution in [0, 0.1) is 0 Å². The van der Waals surface area contributed by atoms with E-state index in [1.807, 2.05) is 0 Å². The van der Waals surface area contributed by atoms with Crippen LogP contribution >= 0.6 is 0 Å². The third kappa shape index (κ3) is 8.36. The Bertz CT molecular complexity index is 494. The van der Waals surface area contributed by atoms with E-state index in [1.165, 1.54) is 13.8 Å². The molecule has 130 valence electrons. The number of amides is 5. The van der Waals surface area contributed by atoms with Crippen LogP contribution in [-0.2, 0) is 24.0 Å². The molecule has 0 aromatic carbocycles. The van der Waals surface area contributed by atoms with Gasteiger partial charge in [-0.2, -0.15) is 0 Å². The van der Waals surface area contributed by atoms with Crippen LogP contribution < -0.4 is 33.2 Å². The number of carbonyl (C=O) groups excluding carboxylic acids is 5. The molecule has 0 bridgehead atoms. The molecule has 0 heterocycles. The molecule has 23 heavy (non-hydrogen) atoms. The fourth-order valence-corrected chi connectivity index (χ4v) is 1.38. The number of rotatable bonds is 9. The molecular formula is C12H22N6O5. The van der Waals surface area contributed by atoms with Crippen molar-refractivity contribution in [3.05, 3.63) is 0 Å². The predicted octanol–water partition coefficient (Wildman–Crippen LogP) is -4.20. The van der Waals surface area contributed by atoms with Gasteiger partial charge in [0.1, 0.15) is 12.1 Å². The zero-order chi connectivity index (χ0) is 18.2. The lowest BCUT2D eigenvalue weighted by Gasteiger charge is -2.17. The Morgan fingerprint density at radius 3 is 1.96 bits per heavy atom. The van der Waals surface area contributed by atoms with Crippen molar-refractivity contribution in [1.82, 2.24) is 16.0 Å². The SMILES string of the molecule is C[C@H](NC(=O)CNC(=O)[C@@H](C)NC(=O)[C@@H](N)CC(N)=O)C(N)=O. The van der Waals surface area contributed by atoms with Gasteiger partial charge in [0.25, 0.3) is 0 Å². The molecule has 0 saturated heterocycles. The van der Waals surface area contributed by atoms with Crippen LogP contribution in [0.3, 0.4) is 0 Å². The largest absolute Gasteiger partial charge is 0.370 e. The van der Waals surface area contributed by atoms with Crippen molar-refractivity contribution in [2.75, 3.05) is 6.54 Å². The molecule has 0 saturated carbocycles. The maximum atomic E-state index is 11.7. The first-order chi connectivity index (χ1) is 10.5. The van der Waals surface area contributed by atoms with E-state index >= 15 is 0 Å². The smallest absolute Gasteiger partial charge is 0.242 e. The summed E-state index contributed by atoms with van der Waals surface area (Å²) in [6.07, 6.45) is -0.354. The minimum Gasteiger partial charge on any atom is -0.370 e. The predicted molar refractivity (Wildman–Crippen MR) is 79.2 cm³/mol. The average Bonchev–Trinajstić information content (AvgIpc) is 2.43. The Morgan fingerprint density at radius 2 is 1.48 bits per heavy atom. The molecule has 0 aromatic rings. The summed E-state index contributed by atoms with van der Waals surface area (Å²) in [5, 5.41) is 6.81. The van der Waals surface area contributed by atoms with E-state index in [1.54, 1.807) is 0 Å². The molecule has 0 aromatic heterocycles. The molecule has 0 aliphatic rings. The fraction of sp³-hybridized carbons (Fsp3) is 0.583. The number of hydrogen-bond acceptors (Lipinski definition) is 6. The van der Waals surface area contributed by atoms with Gasteiger partial charge in [0.15, 0.2) is 0 Å². The first-order valence-corrected chi connectivity index (χ1v) is 6.75. The second-order valence-electron chi connectivity index (χ2n) is 4.92. The highest BCUT2D eigenvalue weighted by Gasteiger charge is 2.21. The van der Waals surface area contributed by atoms with Crippen molar-refractivity contribution in [2.24, 2.45) is 17.2 Å². The van der Waals surface area contributed by atoms with Crippen molar-refractivity contribution in [1.29, 1.82) is 0 Å². The first-order valence-electron chi connectivity index (χ1n) is 6.75. The maximum absolute atomic E-state index is 11.7. The fourth-order valence-electron chi connectivity index (χ4n) is 1.38. The number of nitrogens with one attached hydrogen (secondary N) is 3. The van der Waals surface area contributed by atoms with Crippen LogP contribution in [0.5, 0.6) is 0 Å². The van der Waals surface area contributed by atoms with E-state index in [2.05, 4.69) is 16.0 Å². The standard InChI is InChI=1S/C12H22N6O5/c1-5(10(15)21)17-9(20)4-16-11(22)6(2)18-12(23)7(13)3-8(14)19/h5-7H,3-4,13H2,1-2H3,(H2,14,19)(H2,15,21)(H,16,22)(H,17,20)(H,18,23)/t5-,6+,7-/m0/s1. The average molecular weight is 330 g/mol. The molecule has 5 amide bonds. The van der Waals surface area contributed by atoms with Gasteiger partial charge in [-0.25, -0.2) is 0 Å². The number of carbonyl (C=O) groups is 5. The summed E-state index contributed by atoms with van der Waals surface area (Å²) in [5.41, 5.74) is 15.3. The Kier molecular flexibility index (Phi) is 8.26. The third-order valence-corrected chi connectivity index (χ3v) is 2.74. The van der Waals surface area contributed by atoms with Gasteiger partial charge in [-0.3, -0.25) is 24.0 Å². The minimum absolute atomic E-state index is 0.354. The molecule has 11 nitrogen and oxygen atoms in total. The highest BCUT2D eigenvalue weighted by atomic mass is 16.2. The summed E-state index contributed by atoms with van der Waals surface area (Å²) in [6.45, 7) is 2.36. The second kappa shape index (κ2) is 9.35. The molecule has 9 N–H and O–H groups in total. The van der Waals surface area contributed by atoms with Crippen LogP contribution in [0.2, 0.25) is 0 Å². The number of nitrogens with two attached hydrogens (primary N) is 3. The van der Waals surface area contributed by atoms with Gasteiger partial charge in [-0.1, -0.05) is 0 Å². The van der Waals surface area contributed by atoms with Gasteiger partial charge in [0.2, 0.25) is 29.5 Å². The number of hydrogen-bond donors (Lipinski definition) is 6. The quantitative estimate of drug-likeness (QED) is 0.247. The van der Waals surface area contributed by atoms with E-state index in [9.17, 15) is 24.0 Å². The normalized spacial score (nSPS) is 14.0. The highest BCUT2D eigenvalue weighted by molar-refractivity contribution is 5.93. The van der Waals surface area contributed by atoms with Crippen molar-refractivity contribution in [2.45, 2.75) is 38.4 Å². The lowest BCUT2D eigenvalue weighted by atomic mass is 10.2. The van der Waals surface area contributed by atoms with E-state index in [0.717, 1.165) is 0 Å². The summed E-state index contributed by atoms with van der Waals surface area (Å²) < 4.78 is 0. The molecule has 0 spiro atoms. The van der Waals surface area contributed by atoms with E-state index in [-0.39, 0.29) is 6.42 Å². The summed E-state index contributed by atoms with van der Waals surface area (Å²) in [6, 6.07) is -3.02. The van der Waals surface area contributed by atoms with Gasteiger partial charge in [-0.15, -0.1) is 0 Å². The van der Waals surface area contributed by atoms with Crippen LogP contribution in [0.4, 0.5) is 0 Å². The summed E-state index contributed by atoms with van der Waals surface area (Å²) in [7, 11) is 0. The molecule has 0 rings (SSSR count). The molecule has 11 heteroatoms. The lowest BCUT2D eigenvalue weighted by Crippen LogP contribution is -2.53. The zero-order valence-electron chi connectivity index (χ0n) is 12.9. The van der Waals surface area contributed by atoms with E-state index < -0.39 is 54.2 Å². The van der Waals surface area contributed by atoms with Crippen molar-refractivity contribution >= 4 is 29.5 Å². The summed E-state index contributed by atoms with van der Waals surface area (Å²) >= 11 is 0. The summed E-state index contributed by atoms with van der Waals surface area (Å²) in [5.74, 6) is -3.45. The first kappa shape index (κ1) is 20.3. The highest BCUT2D eigenvalue weighted by Crippen LogP contribution is 1.90. The Hall–Kier alpha value is -2.69. The molecule has 0 aliphatic carbocycles. The van der Waals surface area contributed by atoms with E-state index in [0.29, 0.717) is 0 Å². The Labute approximate surface area is 132 Å². The topological polar surface area (TPSA) is 200 Å². The summed E-state index contributed by atoms with van der Waals surface area (Å²) in [4.78, 5) is 56.2. The van der Waals surface area contributed by atoms with E-state index in [4.69, 9.17) is 17.2 Å². The van der Waals surface area contributed by atoms with Gasteiger partial charge < -0.3 is 33.2 Å². The van der Waals surface area contributed by atoms with Crippen molar-refractivity contribution in [3.8, 4) is 0 Å². The third-order valence-electron chi connectivity index (χ3n) is 2.74. The van der Waals surface area contributed by atoms with Gasteiger partial charge >= 0.3 is 0 Å². The second-order valence-corrected chi connectivity index (χ2v) is 4.92. The minimum atomic E-state index is -1.16. The van der Waals surface area contributed by atoms with Crippen LogP contribution in [-0.4, -0.2) is 54.2 Å². The zero-order valence-corrected chi connectivity index (χ0v) is 12.9. The maximum Gasteiger partial charge on any atom is 0.242 e. The molecular weight excluding hydrogens is 308 g/mol. The Morgan fingerprint density at radius 1 is 0.913 bits per heavy atom. The van der Waals surface area contributed by atoms with Crippen LogP contribution in [0.15, 0.2) is 0 Å². The molecule has 0 radical (unpaired) electrons. The van der Waals surface area contributed by atoms with Crippen LogP contribution in [0.1, 0.15) is 20.3 Å². The van der Waals surface area contributed by atoms with Crippen LogP contribution in [0.25, 0.3) is 0 Å². The molecule has 0 unspecified atom stereocenters. The van der Waals surface area contributed by atoms with Gasteiger partial charge in [0, 0.05) is 0 Å². The number of primary amides is 2. The molecule has 0 aliphatic heterocycles. The monoisotopic (exact) mass is 330 g/mol. The molecule has 3 atom stereocenters. The van der Waals surface area contributed by atoms with Crippen molar-refractivity contribution < 1.29 is 24.0 Å². The van der Waals surface area contributed by atoms with Crippen molar-refractivity contribution in [3.63, 3.8) is 0 Å². The van der Waals surface area contributed by atoms with Gasteiger partial charge in [-0.05, 0) is 13.8 Å². The Balaban J connectivity index is 4.25. The lowest BCUT2D eigenvalue weighted by molar-refractivity contribution is -0.131. The van der Waals surface area contributed by atoms with Gasteiger partial charge in [0.05, 0.1) is 19.0 Å².